The molecule has 3 rings (SSSR count). The van der Waals surface area contributed by atoms with Crippen LogP contribution in [0.3, 0.4) is 0 Å². The average molecular weight is 354 g/mol. The minimum absolute atomic E-state index is 0.682. The van der Waals surface area contributed by atoms with Gasteiger partial charge < -0.3 is 5.32 Å². The number of halogens is 2. The minimum Gasteiger partial charge on any atom is -0.331 e. The third-order valence-electron chi connectivity index (χ3n) is 2.74. The number of hydrogen-bond acceptors (Lipinski definition) is 3. The number of fused-ring (bicyclic) bond motifs is 1. The van der Waals surface area contributed by atoms with Gasteiger partial charge in [-0.1, -0.05) is 35.1 Å². The van der Waals surface area contributed by atoms with Crippen molar-refractivity contribution in [1.82, 2.24) is 4.98 Å². The van der Waals surface area contributed by atoms with Gasteiger partial charge in [-0.25, -0.2) is 4.98 Å². The molecule has 0 unspecified atom stereocenters. The van der Waals surface area contributed by atoms with E-state index < -0.39 is 0 Å². The zero-order chi connectivity index (χ0) is 13.4. The Morgan fingerprint density at radius 2 is 2.11 bits per heavy atom. The molecular formula is C14H10BrClN2S. The van der Waals surface area contributed by atoms with Crippen LogP contribution < -0.4 is 5.32 Å². The van der Waals surface area contributed by atoms with Gasteiger partial charge in [0.05, 0.1) is 25.4 Å². The van der Waals surface area contributed by atoms with E-state index in [4.69, 9.17) is 11.6 Å². The highest BCUT2D eigenvalue weighted by molar-refractivity contribution is 9.10. The normalized spacial score (nSPS) is 10.9. The molecule has 0 fully saturated rings. The quantitative estimate of drug-likeness (QED) is 0.633. The summed E-state index contributed by atoms with van der Waals surface area (Å²) in [5.41, 5.74) is 3.17. The van der Waals surface area contributed by atoms with Gasteiger partial charge in [0.15, 0.2) is 5.13 Å². The van der Waals surface area contributed by atoms with Crippen LogP contribution in [0.15, 0.2) is 40.9 Å². The summed E-state index contributed by atoms with van der Waals surface area (Å²) in [6.07, 6.45) is 0. The topological polar surface area (TPSA) is 24.9 Å². The zero-order valence-corrected chi connectivity index (χ0v) is 13.2. The summed E-state index contributed by atoms with van der Waals surface area (Å²) in [6.45, 7) is 2.08. The maximum absolute atomic E-state index is 6.08. The Kier molecular flexibility index (Phi) is 3.48. The fourth-order valence-corrected chi connectivity index (χ4v) is 3.32. The molecule has 0 amide bonds. The van der Waals surface area contributed by atoms with Crippen LogP contribution in [-0.4, -0.2) is 4.98 Å². The summed E-state index contributed by atoms with van der Waals surface area (Å²) in [5.74, 6) is 0. The summed E-state index contributed by atoms with van der Waals surface area (Å²) in [7, 11) is 0. The van der Waals surface area contributed by atoms with Gasteiger partial charge in [0.25, 0.3) is 0 Å². The van der Waals surface area contributed by atoms with Crippen LogP contribution in [0, 0.1) is 6.92 Å². The Morgan fingerprint density at radius 1 is 1.26 bits per heavy atom. The Morgan fingerprint density at radius 3 is 2.95 bits per heavy atom. The molecule has 2 nitrogen and oxygen atoms in total. The first-order chi connectivity index (χ1) is 9.13. The summed E-state index contributed by atoms with van der Waals surface area (Å²) < 4.78 is 2.03. The number of hydrogen-bond donors (Lipinski definition) is 1. The number of rotatable bonds is 2. The maximum atomic E-state index is 6.08. The lowest BCUT2D eigenvalue weighted by molar-refractivity contribution is 1.42. The van der Waals surface area contributed by atoms with Gasteiger partial charge in [-0.2, -0.15) is 0 Å². The van der Waals surface area contributed by atoms with Crippen molar-refractivity contribution in [2.24, 2.45) is 0 Å². The monoisotopic (exact) mass is 352 g/mol. The SMILES string of the molecule is Cc1ccc2nc(Nc3cccc(Cl)c3Br)sc2c1. The van der Waals surface area contributed by atoms with Crippen molar-refractivity contribution in [2.75, 3.05) is 5.32 Å². The van der Waals surface area contributed by atoms with E-state index in [2.05, 4.69) is 45.3 Å². The molecule has 19 heavy (non-hydrogen) atoms. The van der Waals surface area contributed by atoms with Gasteiger partial charge in [0.1, 0.15) is 0 Å². The third kappa shape index (κ3) is 2.61. The summed E-state index contributed by atoms with van der Waals surface area (Å²) in [4.78, 5) is 4.56. The largest absolute Gasteiger partial charge is 0.331 e. The van der Waals surface area contributed by atoms with E-state index in [1.54, 1.807) is 11.3 Å². The molecule has 0 saturated heterocycles. The molecule has 0 aliphatic carbocycles. The molecule has 0 aliphatic rings. The maximum Gasteiger partial charge on any atom is 0.188 e. The van der Waals surface area contributed by atoms with E-state index in [0.29, 0.717) is 5.02 Å². The minimum atomic E-state index is 0.682. The third-order valence-corrected chi connectivity index (χ3v) is 5.07. The van der Waals surface area contributed by atoms with E-state index in [1.807, 2.05) is 24.3 Å². The van der Waals surface area contributed by atoms with Gasteiger partial charge >= 0.3 is 0 Å². The van der Waals surface area contributed by atoms with Crippen LogP contribution in [0.5, 0.6) is 0 Å². The Bertz CT molecular complexity index is 754. The van der Waals surface area contributed by atoms with Crippen LogP contribution in [-0.2, 0) is 0 Å². The number of benzene rings is 2. The van der Waals surface area contributed by atoms with Gasteiger partial charge in [-0.05, 0) is 52.7 Å². The van der Waals surface area contributed by atoms with Crippen molar-refractivity contribution in [1.29, 1.82) is 0 Å². The van der Waals surface area contributed by atoms with Crippen molar-refractivity contribution >= 4 is 59.9 Å². The Balaban J connectivity index is 1.99. The smallest absolute Gasteiger partial charge is 0.188 e. The van der Waals surface area contributed by atoms with Gasteiger partial charge in [-0.3, -0.25) is 0 Å². The first kappa shape index (κ1) is 12.9. The van der Waals surface area contributed by atoms with E-state index in [-0.39, 0.29) is 0 Å². The molecule has 1 aromatic heterocycles. The number of aryl methyl sites for hydroxylation is 1. The van der Waals surface area contributed by atoms with Crippen LogP contribution in [0.4, 0.5) is 10.8 Å². The van der Waals surface area contributed by atoms with Gasteiger partial charge in [0, 0.05) is 0 Å². The number of thiazole rings is 1. The van der Waals surface area contributed by atoms with Crippen LogP contribution in [0.2, 0.25) is 5.02 Å². The number of anilines is 2. The summed E-state index contributed by atoms with van der Waals surface area (Å²) >= 11 is 11.2. The van der Waals surface area contributed by atoms with Crippen LogP contribution in [0.1, 0.15) is 5.56 Å². The predicted octanol–water partition coefficient (Wildman–Crippen LogP) is 5.76. The van der Waals surface area contributed by atoms with Crippen molar-refractivity contribution in [3.8, 4) is 0 Å². The molecule has 0 aliphatic heterocycles. The second-order valence-corrected chi connectivity index (χ2v) is 6.45. The molecule has 0 radical (unpaired) electrons. The Labute approximate surface area is 128 Å². The molecule has 3 aromatic rings. The second kappa shape index (κ2) is 5.12. The summed E-state index contributed by atoms with van der Waals surface area (Å²) in [6, 6.07) is 12.0. The first-order valence-corrected chi connectivity index (χ1v) is 7.70. The van der Waals surface area contributed by atoms with Crippen LogP contribution in [0.25, 0.3) is 10.2 Å². The van der Waals surface area contributed by atoms with Crippen molar-refractivity contribution in [2.45, 2.75) is 6.92 Å². The molecular weight excluding hydrogens is 344 g/mol. The van der Waals surface area contributed by atoms with Crippen molar-refractivity contribution in [3.63, 3.8) is 0 Å². The molecule has 0 bridgehead atoms. The predicted molar refractivity (Wildman–Crippen MR) is 86.8 cm³/mol. The average Bonchev–Trinajstić information content (AvgIpc) is 2.76. The lowest BCUT2D eigenvalue weighted by Crippen LogP contribution is -1.90. The molecule has 0 spiro atoms. The van der Waals surface area contributed by atoms with Crippen LogP contribution >= 0.6 is 38.9 Å². The van der Waals surface area contributed by atoms with Crippen molar-refractivity contribution in [3.05, 3.63) is 51.5 Å². The zero-order valence-electron chi connectivity index (χ0n) is 10.1. The lowest BCUT2D eigenvalue weighted by atomic mass is 10.2. The highest BCUT2D eigenvalue weighted by Crippen LogP contribution is 2.34. The molecule has 96 valence electrons. The lowest BCUT2D eigenvalue weighted by Gasteiger charge is -2.05. The van der Waals surface area contributed by atoms with E-state index in [9.17, 15) is 0 Å². The van der Waals surface area contributed by atoms with E-state index in [0.717, 1.165) is 20.8 Å². The van der Waals surface area contributed by atoms with Crippen molar-refractivity contribution < 1.29 is 0 Å². The highest BCUT2D eigenvalue weighted by Gasteiger charge is 2.07. The van der Waals surface area contributed by atoms with E-state index >= 15 is 0 Å². The fraction of sp³-hybridized carbons (Fsp3) is 0.0714. The highest BCUT2D eigenvalue weighted by atomic mass is 79.9. The van der Waals surface area contributed by atoms with Gasteiger partial charge in [-0.15, -0.1) is 0 Å². The number of nitrogens with zero attached hydrogens (tertiary/aromatic N) is 1. The number of nitrogens with one attached hydrogen (secondary N) is 1. The summed E-state index contributed by atoms with van der Waals surface area (Å²) in [5, 5.41) is 4.84. The second-order valence-electron chi connectivity index (χ2n) is 4.22. The van der Waals surface area contributed by atoms with E-state index in [1.165, 1.54) is 10.3 Å². The molecule has 0 saturated carbocycles. The molecule has 2 aromatic carbocycles. The van der Waals surface area contributed by atoms with Gasteiger partial charge in [0.2, 0.25) is 0 Å². The molecule has 1 N–H and O–H groups in total. The Hall–Kier alpha value is -1.10. The fourth-order valence-electron chi connectivity index (χ4n) is 1.80. The standard InChI is InChI=1S/C14H10BrClN2S/c1-8-5-6-10-12(7-8)19-14(17-10)18-11-4-2-3-9(16)13(11)15/h2-7H,1H3,(H,17,18). The first-order valence-electron chi connectivity index (χ1n) is 5.72. The molecule has 0 atom stereocenters. The molecule has 1 heterocycles. The number of aromatic nitrogens is 1. The molecule has 5 heteroatoms.